The Morgan fingerprint density at radius 2 is 1.41 bits per heavy atom. The van der Waals surface area contributed by atoms with Crippen LogP contribution in [-0.4, -0.2) is 23.1 Å². The molecule has 0 N–H and O–H groups in total. The molecule has 4 heteroatoms. The number of fused-ring (bicyclic) bond motifs is 1. The highest BCUT2D eigenvalue weighted by atomic mass is 16.5. The van der Waals surface area contributed by atoms with E-state index in [1.54, 1.807) is 0 Å². The molecule has 0 radical (unpaired) electrons. The zero-order valence-corrected chi connectivity index (χ0v) is 16.3. The molecule has 1 aromatic heterocycles. The molecule has 0 unspecified atom stereocenters. The molecule has 1 fully saturated rings. The van der Waals surface area contributed by atoms with Gasteiger partial charge in [-0.3, -0.25) is 4.98 Å². The highest BCUT2D eigenvalue weighted by molar-refractivity contribution is 5.82. The SMILES string of the molecule is c1ccc(Oc2ccc(-c3ccc4ncc(N5CCCCC5)nc4c3)cc2)cc1. The van der Waals surface area contributed by atoms with Crippen LogP contribution in [0.5, 0.6) is 11.5 Å². The van der Waals surface area contributed by atoms with Gasteiger partial charge in [0, 0.05) is 13.1 Å². The fraction of sp³-hybridized carbons (Fsp3) is 0.200. The predicted octanol–water partition coefficient (Wildman–Crippen LogP) is 6.08. The summed E-state index contributed by atoms with van der Waals surface area (Å²) in [5.74, 6) is 2.65. The van der Waals surface area contributed by atoms with Crippen LogP contribution in [0.4, 0.5) is 5.82 Å². The smallest absolute Gasteiger partial charge is 0.147 e. The van der Waals surface area contributed by atoms with Gasteiger partial charge in [0.2, 0.25) is 0 Å². The monoisotopic (exact) mass is 381 g/mol. The van der Waals surface area contributed by atoms with Gasteiger partial charge in [-0.1, -0.05) is 36.4 Å². The van der Waals surface area contributed by atoms with Crippen molar-refractivity contribution in [2.24, 2.45) is 0 Å². The summed E-state index contributed by atoms with van der Waals surface area (Å²) in [5.41, 5.74) is 4.14. The maximum atomic E-state index is 5.89. The molecule has 3 aromatic carbocycles. The van der Waals surface area contributed by atoms with Crippen molar-refractivity contribution in [1.29, 1.82) is 0 Å². The maximum Gasteiger partial charge on any atom is 0.147 e. The molecular formula is C25H23N3O. The van der Waals surface area contributed by atoms with Crippen LogP contribution in [0.3, 0.4) is 0 Å². The third-order valence-corrected chi connectivity index (χ3v) is 5.38. The van der Waals surface area contributed by atoms with Crippen LogP contribution in [-0.2, 0) is 0 Å². The number of hydrogen-bond acceptors (Lipinski definition) is 4. The summed E-state index contributed by atoms with van der Waals surface area (Å²) < 4.78 is 5.89. The first-order valence-corrected chi connectivity index (χ1v) is 10.2. The molecule has 5 rings (SSSR count). The fourth-order valence-corrected chi connectivity index (χ4v) is 3.80. The zero-order chi connectivity index (χ0) is 19.5. The summed E-state index contributed by atoms with van der Waals surface area (Å²) in [6.07, 6.45) is 5.68. The Bertz CT molecular complexity index is 1100. The second-order valence-electron chi connectivity index (χ2n) is 7.42. The van der Waals surface area contributed by atoms with Crippen LogP contribution in [0, 0.1) is 0 Å². The molecule has 4 aromatic rings. The fourth-order valence-electron chi connectivity index (χ4n) is 3.80. The Balaban J connectivity index is 1.40. The zero-order valence-electron chi connectivity index (χ0n) is 16.3. The van der Waals surface area contributed by atoms with Crippen molar-refractivity contribution in [2.45, 2.75) is 19.3 Å². The first-order valence-electron chi connectivity index (χ1n) is 10.2. The van der Waals surface area contributed by atoms with E-state index in [-0.39, 0.29) is 0 Å². The van der Waals surface area contributed by atoms with Crippen LogP contribution in [0.2, 0.25) is 0 Å². The van der Waals surface area contributed by atoms with Crippen molar-refractivity contribution < 1.29 is 4.74 Å². The molecule has 0 bridgehead atoms. The second-order valence-corrected chi connectivity index (χ2v) is 7.42. The average Bonchev–Trinajstić information content (AvgIpc) is 2.80. The maximum absolute atomic E-state index is 5.89. The lowest BCUT2D eigenvalue weighted by molar-refractivity contribution is 0.483. The normalized spacial score (nSPS) is 14.1. The average molecular weight is 381 g/mol. The highest BCUT2D eigenvalue weighted by Gasteiger charge is 2.13. The van der Waals surface area contributed by atoms with Crippen molar-refractivity contribution in [1.82, 2.24) is 9.97 Å². The molecule has 29 heavy (non-hydrogen) atoms. The van der Waals surface area contributed by atoms with Crippen molar-refractivity contribution in [3.8, 4) is 22.6 Å². The molecule has 0 aliphatic carbocycles. The lowest BCUT2D eigenvalue weighted by Crippen LogP contribution is -2.30. The molecule has 0 saturated carbocycles. The number of piperidine rings is 1. The van der Waals surface area contributed by atoms with E-state index >= 15 is 0 Å². The standard InChI is InChI=1S/C25H23N3O/c1-3-7-21(8-4-1)29-22-12-9-19(10-13-22)20-11-14-23-24(17-20)27-25(18-26-23)28-15-5-2-6-16-28/h1,3-4,7-14,17-18H,2,5-6,15-16H2. The van der Waals surface area contributed by atoms with Crippen molar-refractivity contribution in [2.75, 3.05) is 18.0 Å². The predicted molar refractivity (Wildman–Crippen MR) is 118 cm³/mol. The number of benzene rings is 3. The Labute approximate surface area is 170 Å². The van der Waals surface area contributed by atoms with Gasteiger partial charge in [-0.05, 0) is 66.8 Å². The van der Waals surface area contributed by atoms with E-state index in [9.17, 15) is 0 Å². The Hall–Kier alpha value is -3.40. The number of aromatic nitrogens is 2. The van der Waals surface area contributed by atoms with Gasteiger partial charge in [0.1, 0.15) is 17.3 Å². The molecule has 2 heterocycles. The minimum absolute atomic E-state index is 0.827. The number of rotatable bonds is 4. The number of nitrogens with zero attached hydrogens (tertiary/aromatic N) is 3. The van der Waals surface area contributed by atoms with Gasteiger partial charge < -0.3 is 9.64 Å². The summed E-state index contributed by atoms with van der Waals surface area (Å²) >= 11 is 0. The van der Waals surface area contributed by atoms with E-state index in [1.807, 2.05) is 54.7 Å². The van der Waals surface area contributed by atoms with Crippen LogP contribution in [0.1, 0.15) is 19.3 Å². The molecule has 144 valence electrons. The quantitative estimate of drug-likeness (QED) is 0.429. The molecule has 4 nitrogen and oxygen atoms in total. The minimum atomic E-state index is 0.827. The van der Waals surface area contributed by atoms with Crippen LogP contribution in [0.25, 0.3) is 22.2 Å². The first-order chi connectivity index (χ1) is 14.3. The lowest BCUT2D eigenvalue weighted by atomic mass is 10.0. The molecule has 1 saturated heterocycles. The van der Waals surface area contributed by atoms with Gasteiger partial charge in [-0.15, -0.1) is 0 Å². The van der Waals surface area contributed by atoms with Crippen molar-refractivity contribution >= 4 is 16.9 Å². The first kappa shape index (κ1) is 17.7. The van der Waals surface area contributed by atoms with Crippen LogP contribution < -0.4 is 9.64 Å². The third-order valence-electron chi connectivity index (χ3n) is 5.38. The van der Waals surface area contributed by atoms with Crippen LogP contribution >= 0.6 is 0 Å². The van der Waals surface area contributed by atoms with Gasteiger partial charge in [0.25, 0.3) is 0 Å². The minimum Gasteiger partial charge on any atom is -0.457 e. The molecule has 1 aliphatic rings. The number of ether oxygens (including phenoxy) is 1. The van der Waals surface area contributed by atoms with Gasteiger partial charge in [0.05, 0.1) is 17.2 Å². The summed E-state index contributed by atoms with van der Waals surface area (Å²) in [6.45, 7) is 2.14. The number of para-hydroxylation sites is 1. The van der Waals surface area contributed by atoms with Gasteiger partial charge in [-0.2, -0.15) is 0 Å². The van der Waals surface area contributed by atoms with Crippen LogP contribution in [0.15, 0.2) is 79.0 Å². The van der Waals surface area contributed by atoms with E-state index < -0.39 is 0 Å². The topological polar surface area (TPSA) is 38.2 Å². The summed E-state index contributed by atoms with van der Waals surface area (Å²) in [7, 11) is 0. The summed E-state index contributed by atoms with van der Waals surface area (Å²) in [5, 5.41) is 0. The molecular weight excluding hydrogens is 358 g/mol. The summed E-state index contributed by atoms with van der Waals surface area (Å²) in [6, 6.07) is 24.3. The Morgan fingerprint density at radius 1 is 0.690 bits per heavy atom. The van der Waals surface area contributed by atoms with E-state index in [0.717, 1.165) is 52.6 Å². The van der Waals surface area contributed by atoms with Crippen molar-refractivity contribution in [3.05, 3.63) is 79.0 Å². The number of hydrogen-bond donors (Lipinski definition) is 0. The second kappa shape index (κ2) is 7.92. The van der Waals surface area contributed by atoms with E-state index in [0.29, 0.717) is 0 Å². The van der Waals surface area contributed by atoms with Gasteiger partial charge in [0.15, 0.2) is 0 Å². The van der Waals surface area contributed by atoms with E-state index in [4.69, 9.17) is 9.72 Å². The molecule has 0 spiro atoms. The van der Waals surface area contributed by atoms with Crippen molar-refractivity contribution in [3.63, 3.8) is 0 Å². The lowest BCUT2D eigenvalue weighted by Gasteiger charge is -2.27. The largest absolute Gasteiger partial charge is 0.457 e. The Morgan fingerprint density at radius 3 is 2.21 bits per heavy atom. The molecule has 0 amide bonds. The van der Waals surface area contributed by atoms with E-state index in [2.05, 4.69) is 34.1 Å². The molecule has 1 aliphatic heterocycles. The number of anilines is 1. The molecule has 0 atom stereocenters. The Kier molecular flexibility index (Phi) is 4.83. The summed E-state index contributed by atoms with van der Waals surface area (Å²) in [4.78, 5) is 11.9. The van der Waals surface area contributed by atoms with Gasteiger partial charge >= 0.3 is 0 Å². The van der Waals surface area contributed by atoms with Gasteiger partial charge in [-0.25, -0.2) is 4.98 Å². The van der Waals surface area contributed by atoms with E-state index in [1.165, 1.54) is 19.3 Å². The highest BCUT2D eigenvalue weighted by Crippen LogP contribution is 2.28. The third kappa shape index (κ3) is 3.92.